The standard InChI is InChI=1S/C77H126O6/c1-4-7-10-13-16-19-22-25-28-29-30-31-32-33-34-35-36-37-38-39-40-41-42-43-44-45-46-47-50-52-55-58-61-64-67-70-76(79)82-73-74(83-77(80)71-68-65-62-59-56-53-49-27-24-21-18-15-12-9-6-3)72-81-75(78)69-66-63-60-57-54-51-48-26-23-20-17-14-11-8-5-2/h8-9,11-12,17-18,20-22,25-27,29-30,48-49,54,56-57,59,63,65-66,68,74H,4-7,10,13-16,19,23-24,28,31-47,50-53,55,58,60-62,64,67,69-73H2,1-3H3/b11-8-,12-9-,20-17-,21-18-,25-22-,30-29-,48-26-,49-27-,57-54-,59-56-,66-63-,68-65-. The molecule has 0 bridgehead atoms. The van der Waals surface area contributed by atoms with Crippen LogP contribution in [0, 0.1) is 0 Å². The molecule has 0 aromatic heterocycles. The Bertz CT molecular complexity index is 1800. The number of esters is 3. The molecule has 0 heterocycles. The summed E-state index contributed by atoms with van der Waals surface area (Å²) in [5.41, 5.74) is 0. The van der Waals surface area contributed by atoms with E-state index in [1.807, 2.05) is 12.2 Å². The van der Waals surface area contributed by atoms with Crippen LogP contribution in [0.4, 0.5) is 0 Å². The number of ether oxygens (including phenoxy) is 3. The second kappa shape index (κ2) is 69.8. The molecule has 0 aliphatic rings. The van der Waals surface area contributed by atoms with E-state index >= 15 is 0 Å². The van der Waals surface area contributed by atoms with Gasteiger partial charge in [0.1, 0.15) is 13.2 Å². The molecule has 1 unspecified atom stereocenters. The minimum atomic E-state index is -0.878. The van der Waals surface area contributed by atoms with E-state index in [0.717, 1.165) is 83.5 Å². The second-order valence-corrected chi connectivity index (χ2v) is 22.4. The molecule has 1 atom stereocenters. The first-order valence-corrected chi connectivity index (χ1v) is 34.3. The van der Waals surface area contributed by atoms with Crippen LogP contribution in [0.3, 0.4) is 0 Å². The molecule has 83 heavy (non-hydrogen) atoms. The Hall–Kier alpha value is -4.71. The first kappa shape index (κ1) is 78.3. The second-order valence-electron chi connectivity index (χ2n) is 22.4. The lowest BCUT2D eigenvalue weighted by molar-refractivity contribution is -0.166. The summed E-state index contributed by atoms with van der Waals surface area (Å²) in [6.45, 7) is 6.24. The number of allylic oxidation sites excluding steroid dienone is 22. The lowest BCUT2D eigenvalue weighted by Crippen LogP contribution is -2.30. The van der Waals surface area contributed by atoms with Gasteiger partial charge in [-0.05, 0) is 103 Å². The molecular formula is C77H126O6. The summed E-state index contributed by atoms with van der Waals surface area (Å²) in [5, 5.41) is 0. The van der Waals surface area contributed by atoms with Gasteiger partial charge in [-0.1, -0.05) is 327 Å². The quantitative estimate of drug-likeness (QED) is 0.0261. The molecule has 0 amide bonds. The molecule has 6 nitrogen and oxygen atoms in total. The number of rotatable bonds is 61. The van der Waals surface area contributed by atoms with Crippen LogP contribution in [0.2, 0.25) is 0 Å². The SMILES string of the molecule is CC/C=C\C/C=C\C/C=C\C/C=C\C/C=C\CC(=O)OCC(COC(=O)CCCCCCCCCCCCCCCCCCCCCCCCC/C=C\C/C=C\CCCCCCC)OC(=O)C/C=C\C/C=C\C/C=C\C/C=C\C/C=C\CC. The maximum absolute atomic E-state index is 12.8. The Morgan fingerprint density at radius 3 is 0.843 bits per heavy atom. The van der Waals surface area contributed by atoms with Crippen LogP contribution < -0.4 is 0 Å². The molecule has 0 spiro atoms. The molecule has 0 aliphatic heterocycles. The van der Waals surface area contributed by atoms with Gasteiger partial charge >= 0.3 is 17.9 Å². The van der Waals surface area contributed by atoms with Crippen molar-refractivity contribution in [2.45, 2.75) is 309 Å². The topological polar surface area (TPSA) is 78.9 Å². The molecule has 470 valence electrons. The van der Waals surface area contributed by atoms with Gasteiger partial charge in [0.2, 0.25) is 0 Å². The number of hydrogen-bond acceptors (Lipinski definition) is 6. The minimum Gasteiger partial charge on any atom is -0.462 e. The molecule has 0 rings (SSSR count). The van der Waals surface area contributed by atoms with E-state index in [2.05, 4.69) is 142 Å². The fraction of sp³-hybridized carbons (Fsp3) is 0.649. The third-order valence-electron chi connectivity index (χ3n) is 14.4. The van der Waals surface area contributed by atoms with Crippen molar-refractivity contribution < 1.29 is 28.6 Å². The summed E-state index contributed by atoms with van der Waals surface area (Å²) in [6, 6.07) is 0. The van der Waals surface area contributed by atoms with Crippen LogP contribution in [-0.2, 0) is 28.6 Å². The summed E-state index contributed by atoms with van der Waals surface area (Å²) < 4.78 is 16.7. The number of carbonyl (C=O) groups excluding carboxylic acids is 3. The van der Waals surface area contributed by atoms with Gasteiger partial charge in [-0.25, -0.2) is 0 Å². The smallest absolute Gasteiger partial charge is 0.310 e. The van der Waals surface area contributed by atoms with Crippen LogP contribution in [0.15, 0.2) is 146 Å². The van der Waals surface area contributed by atoms with Crippen LogP contribution >= 0.6 is 0 Å². The van der Waals surface area contributed by atoms with Crippen molar-refractivity contribution in [2.24, 2.45) is 0 Å². The maximum atomic E-state index is 12.8. The first-order valence-electron chi connectivity index (χ1n) is 34.3. The van der Waals surface area contributed by atoms with Crippen molar-refractivity contribution in [1.29, 1.82) is 0 Å². The molecule has 0 fully saturated rings. The Morgan fingerprint density at radius 2 is 0.518 bits per heavy atom. The predicted molar refractivity (Wildman–Crippen MR) is 362 cm³/mol. The molecule has 0 saturated carbocycles. The summed E-state index contributed by atoms with van der Waals surface area (Å²) in [5.74, 6) is -1.21. The van der Waals surface area contributed by atoms with Crippen molar-refractivity contribution in [1.82, 2.24) is 0 Å². The van der Waals surface area contributed by atoms with Gasteiger partial charge in [0, 0.05) is 6.42 Å². The van der Waals surface area contributed by atoms with Gasteiger partial charge in [0.15, 0.2) is 6.10 Å². The number of hydrogen-bond donors (Lipinski definition) is 0. The van der Waals surface area contributed by atoms with Crippen molar-refractivity contribution in [3.8, 4) is 0 Å². The maximum Gasteiger partial charge on any atom is 0.310 e. The van der Waals surface area contributed by atoms with E-state index in [-0.39, 0.29) is 32.0 Å². The summed E-state index contributed by atoms with van der Waals surface area (Å²) >= 11 is 0. The van der Waals surface area contributed by atoms with E-state index in [1.165, 1.54) is 173 Å². The molecule has 0 N–H and O–H groups in total. The fourth-order valence-electron chi connectivity index (χ4n) is 9.33. The van der Waals surface area contributed by atoms with Crippen molar-refractivity contribution in [3.05, 3.63) is 146 Å². The first-order chi connectivity index (χ1) is 41.0. The van der Waals surface area contributed by atoms with Crippen LogP contribution in [0.5, 0.6) is 0 Å². The van der Waals surface area contributed by atoms with Crippen LogP contribution in [-0.4, -0.2) is 37.2 Å². The third-order valence-corrected chi connectivity index (χ3v) is 14.4. The zero-order chi connectivity index (χ0) is 59.9. The van der Waals surface area contributed by atoms with E-state index in [9.17, 15) is 14.4 Å². The molecule has 0 saturated heterocycles. The highest BCUT2D eigenvalue weighted by molar-refractivity contribution is 5.72. The highest BCUT2D eigenvalue weighted by Gasteiger charge is 2.19. The molecule has 0 radical (unpaired) electrons. The van der Waals surface area contributed by atoms with Gasteiger partial charge in [-0.15, -0.1) is 0 Å². The van der Waals surface area contributed by atoms with E-state index in [4.69, 9.17) is 14.2 Å². The number of unbranched alkanes of at least 4 members (excludes halogenated alkanes) is 28. The van der Waals surface area contributed by atoms with Crippen LogP contribution in [0.25, 0.3) is 0 Å². The Kier molecular flexibility index (Phi) is 65.8. The molecule has 0 aromatic rings. The highest BCUT2D eigenvalue weighted by Crippen LogP contribution is 2.17. The van der Waals surface area contributed by atoms with Gasteiger partial charge < -0.3 is 14.2 Å². The fourth-order valence-corrected chi connectivity index (χ4v) is 9.33. The Morgan fingerprint density at radius 1 is 0.265 bits per heavy atom. The predicted octanol–water partition coefficient (Wildman–Crippen LogP) is 23.9. The van der Waals surface area contributed by atoms with Gasteiger partial charge in [-0.3, -0.25) is 14.4 Å². The average Bonchev–Trinajstić information content (AvgIpc) is 3.49. The Labute approximate surface area is 512 Å². The lowest BCUT2D eigenvalue weighted by atomic mass is 10.0. The van der Waals surface area contributed by atoms with Gasteiger partial charge in [-0.2, -0.15) is 0 Å². The zero-order valence-electron chi connectivity index (χ0n) is 53.9. The van der Waals surface area contributed by atoms with Crippen molar-refractivity contribution in [2.75, 3.05) is 13.2 Å². The molecular weight excluding hydrogens is 1020 g/mol. The molecule has 0 aliphatic carbocycles. The van der Waals surface area contributed by atoms with Crippen molar-refractivity contribution in [3.63, 3.8) is 0 Å². The Balaban J connectivity index is 4.24. The summed E-state index contributed by atoms with van der Waals surface area (Å²) in [4.78, 5) is 38.2. The number of carbonyl (C=O) groups is 3. The third kappa shape index (κ3) is 68.0. The lowest BCUT2D eigenvalue weighted by Gasteiger charge is -2.17. The van der Waals surface area contributed by atoms with E-state index in [1.54, 1.807) is 12.2 Å². The van der Waals surface area contributed by atoms with E-state index in [0.29, 0.717) is 12.8 Å². The van der Waals surface area contributed by atoms with E-state index < -0.39 is 18.0 Å². The average molecular weight is 1150 g/mol. The largest absolute Gasteiger partial charge is 0.462 e. The minimum absolute atomic E-state index is 0.0734. The van der Waals surface area contributed by atoms with Gasteiger partial charge in [0.05, 0.1) is 12.8 Å². The summed E-state index contributed by atoms with van der Waals surface area (Å²) in [7, 11) is 0. The van der Waals surface area contributed by atoms with Crippen LogP contribution in [0.1, 0.15) is 303 Å². The molecule has 6 heteroatoms. The van der Waals surface area contributed by atoms with Gasteiger partial charge in [0.25, 0.3) is 0 Å². The van der Waals surface area contributed by atoms with Crippen molar-refractivity contribution >= 4 is 17.9 Å². The zero-order valence-corrected chi connectivity index (χ0v) is 53.9. The normalized spacial score (nSPS) is 13.0. The highest BCUT2D eigenvalue weighted by atomic mass is 16.6. The monoisotopic (exact) mass is 1150 g/mol. The summed E-state index contributed by atoms with van der Waals surface area (Å²) in [6.07, 6.45) is 101. The molecule has 0 aromatic carbocycles.